The Morgan fingerprint density at radius 2 is 2.03 bits per heavy atom. The number of nitrogens with zero attached hydrogens (tertiary/aromatic N) is 5. The van der Waals surface area contributed by atoms with Crippen molar-refractivity contribution in [1.82, 2.24) is 20.4 Å². The van der Waals surface area contributed by atoms with Gasteiger partial charge in [0.15, 0.2) is 5.96 Å². The second kappa shape index (κ2) is 10.7. The lowest BCUT2D eigenvalue weighted by Crippen LogP contribution is -2.51. The van der Waals surface area contributed by atoms with E-state index in [1.54, 1.807) is 0 Å². The molecule has 0 bridgehead atoms. The van der Waals surface area contributed by atoms with Gasteiger partial charge in [-0.25, -0.2) is 0 Å². The summed E-state index contributed by atoms with van der Waals surface area (Å²) < 4.78 is 1.86. The molecule has 1 aromatic carbocycles. The molecule has 1 atom stereocenters. The van der Waals surface area contributed by atoms with E-state index in [9.17, 15) is 0 Å². The summed E-state index contributed by atoms with van der Waals surface area (Å²) in [7, 11) is 3.80. The van der Waals surface area contributed by atoms with Crippen molar-refractivity contribution < 1.29 is 0 Å². The van der Waals surface area contributed by atoms with E-state index in [2.05, 4.69) is 73.1 Å². The molecule has 8 heteroatoms. The Balaban J connectivity index is 0.00000256. The number of guanidine groups is 1. The standard InChI is InChI=1S/C22H31N7.HI/c1-23-22(24-14-18-7-5-9-20(13-18)28-10-3-4-11-28)26-19-8-6-12-29(16-19)21-15-25-27(2)17-21;/h3-5,7,9,13,15,17,19H,6,8,10-12,14,16H2,1-2H3,(H2,23,24,26);1H. The number of rotatable bonds is 5. The number of piperidine rings is 1. The van der Waals surface area contributed by atoms with Gasteiger partial charge in [0.2, 0.25) is 0 Å². The van der Waals surface area contributed by atoms with Crippen LogP contribution in [0.25, 0.3) is 0 Å². The fourth-order valence-corrected chi connectivity index (χ4v) is 4.03. The Kier molecular flexibility index (Phi) is 8.01. The van der Waals surface area contributed by atoms with Crippen LogP contribution in [-0.2, 0) is 13.6 Å². The Labute approximate surface area is 196 Å². The SMILES string of the molecule is CN=C(NCc1cccc(N2CC=CC2)c1)NC1CCCN(c2cnn(C)c2)C1.I. The molecule has 1 saturated heterocycles. The van der Waals surface area contributed by atoms with E-state index in [0.29, 0.717) is 6.04 Å². The first kappa shape index (κ1) is 22.5. The van der Waals surface area contributed by atoms with Crippen LogP contribution in [0.5, 0.6) is 0 Å². The van der Waals surface area contributed by atoms with E-state index in [-0.39, 0.29) is 24.0 Å². The normalized spacial score (nSPS) is 19.0. The number of anilines is 2. The fraction of sp³-hybridized carbons (Fsp3) is 0.455. The van der Waals surface area contributed by atoms with E-state index in [0.717, 1.165) is 51.5 Å². The number of benzene rings is 1. The van der Waals surface area contributed by atoms with Crippen LogP contribution < -0.4 is 20.4 Å². The highest BCUT2D eigenvalue weighted by atomic mass is 127. The maximum atomic E-state index is 4.44. The number of hydrogen-bond acceptors (Lipinski definition) is 4. The zero-order chi connectivity index (χ0) is 20.1. The van der Waals surface area contributed by atoms with Gasteiger partial charge < -0.3 is 20.4 Å². The Morgan fingerprint density at radius 3 is 2.77 bits per heavy atom. The lowest BCUT2D eigenvalue weighted by Gasteiger charge is -2.34. The van der Waals surface area contributed by atoms with Crippen LogP contribution in [0.2, 0.25) is 0 Å². The van der Waals surface area contributed by atoms with Gasteiger partial charge in [-0.1, -0.05) is 24.3 Å². The molecule has 1 aromatic heterocycles. The average Bonchev–Trinajstić information content (AvgIpc) is 3.43. The minimum Gasteiger partial charge on any atom is -0.367 e. The maximum absolute atomic E-state index is 4.44. The van der Waals surface area contributed by atoms with Gasteiger partial charge in [0, 0.05) is 64.7 Å². The Morgan fingerprint density at radius 1 is 1.20 bits per heavy atom. The number of nitrogens with one attached hydrogen (secondary N) is 2. The fourth-order valence-electron chi connectivity index (χ4n) is 4.03. The van der Waals surface area contributed by atoms with E-state index in [1.807, 2.05) is 25.0 Å². The largest absolute Gasteiger partial charge is 0.367 e. The zero-order valence-corrected chi connectivity index (χ0v) is 20.1. The minimum absolute atomic E-state index is 0. The molecule has 2 aliphatic rings. The molecule has 0 amide bonds. The van der Waals surface area contributed by atoms with Gasteiger partial charge in [-0.2, -0.15) is 5.10 Å². The summed E-state index contributed by atoms with van der Waals surface area (Å²) in [5.41, 5.74) is 3.73. The first-order valence-corrected chi connectivity index (χ1v) is 10.4. The molecule has 162 valence electrons. The summed E-state index contributed by atoms with van der Waals surface area (Å²) in [5.74, 6) is 0.858. The van der Waals surface area contributed by atoms with Gasteiger partial charge >= 0.3 is 0 Å². The van der Waals surface area contributed by atoms with Crippen LogP contribution in [0.4, 0.5) is 11.4 Å². The average molecular weight is 521 g/mol. The minimum atomic E-state index is 0. The third-order valence-electron chi connectivity index (χ3n) is 5.60. The van der Waals surface area contributed by atoms with Crippen LogP contribution in [0, 0.1) is 0 Å². The summed E-state index contributed by atoms with van der Waals surface area (Å²) in [6.45, 7) is 4.79. The van der Waals surface area contributed by atoms with Gasteiger partial charge in [0.25, 0.3) is 0 Å². The van der Waals surface area contributed by atoms with Crippen molar-refractivity contribution in [2.75, 3.05) is 43.0 Å². The molecule has 0 saturated carbocycles. The Bertz CT molecular complexity index is 868. The van der Waals surface area contributed by atoms with Crippen molar-refractivity contribution in [2.45, 2.75) is 25.4 Å². The molecule has 0 radical (unpaired) electrons. The lowest BCUT2D eigenvalue weighted by atomic mass is 10.1. The number of hydrogen-bond donors (Lipinski definition) is 2. The van der Waals surface area contributed by atoms with Crippen LogP contribution in [0.15, 0.2) is 53.8 Å². The van der Waals surface area contributed by atoms with Gasteiger partial charge in [-0.05, 0) is 30.5 Å². The predicted octanol–water partition coefficient (Wildman–Crippen LogP) is 2.75. The molecule has 7 nitrogen and oxygen atoms in total. The second-order valence-corrected chi connectivity index (χ2v) is 7.77. The van der Waals surface area contributed by atoms with Crippen molar-refractivity contribution in [2.24, 2.45) is 12.0 Å². The quantitative estimate of drug-likeness (QED) is 0.274. The van der Waals surface area contributed by atoms with Crippen LogP contribution >= 0.6 is 24.0 Å². The summed E-state index contributed by atoms with van der Waals surface area (Å²) >= 11 is 0. The number of halogens is 1. The van der Waals surface area contributed by atoms with Crippen LogP contribution in [0.3, 0.4) is 0 Å². The van der Waals surface area contributed by atoms with E-state index in [4.69, 9.17) is 0 Å². The molecule has 0 spiro atoms. The molecule has 2 aliphatic heterocycles. The van der Waals surface area contributed by atoms with E-state index in [1.165, 1.54) is 16.9 Å². The summed E-state index contributed by atoms with van der Waals surface area (Å²) in [5, 5.41) is 11.4. The predicted molar refractivity (Wildman–Crippen MR) is 135 cm³/mol. The van der Waals surface area contributed by atoms with Crippen molar-refractivity contribution in [3.05, 3.63) is 54.4 Å². The van der Waals surface area contributed by atoms with Gasteiger partial charge in [-0.3, -0.25) is 9.67 Å². The molecular formula is C22H32IN7. The molecule has 4 rings (SSSR count). The van der Waals surface area contributed by atoms with Gasteiger partial charge in [0.1, 0.15) is 0 Å². The van der Waals surface area contributed by atoms with Crippen molar-refractivity contribution in [3.8, 4) is 0 Å². The van der Waals surface area contributed by atoms with Crippen molar-refractivity contribution in [1.29, 1.82) is 0 Å². The zero-order valence-electron chi connectivity index (χ0n) is 17.8. The first-order chi connectivity index (χ1) is 14.2. The molecule has 1 fully saturated rings. The maximum Gasteiger partial charge on any atom is 0.191 e. The summed E-state index contributed by atoms with van der Waals surface area (Å²) in [6, 6.07) is 9.11. The summed E-state index contributed by atoms with van der Waals surface area (Å²) in [4.78, 5) is 9.20. The lowest BCUT2D eigenvalue weighted by molar-refractivity contribution is 0.468. The molecule has 0 aliphatic carbocycles. The molecule has 30 heavy (non-hydrogen) atoms. The van der Waals surface area contributed by atoms with Gasteiger partial charge in [-0.15, -0.1) is 24.0 Å². The van der Waals surface area contributed by atoms with Gasteiger partial charge in [0.05, 0.1) is 11.9 Å². The molecule has 2 N–H and O–H groups in total. The Hall–Kier alpha value is -2.23. The highest BCUT2D eigenvalue weighted by Gasteiger charge is 2.21. The van der Waals surface area contributed by atoms with Crippen molar-refractivity contribution >= 4 is 41.3 Å². The third kappa shape index (κ3) is 5.68. The highest BCUT2D eigenvalue weighted by molar-refractivity contribution is 14.0. The topological polar surface area (TPSA) is 60.7 Å². The highest BCUT2D eigenvalue weighted by Crippen LogP contribution is 2.20. The monoisotopic (exact) mass is 521 g/mol. The number of aromatic nitrogens is 2. The number of aliphatic imine (C=N–C) groups is 1. The second-order valence-electron chi connectivity index (χ2n) is 7.77. The van der Waals surface area contributed by atoms with E-state index < -0.39 is 0 Å². The first-order valence-electron chi connectivity index (χ1n) is 10.4. The van der Waals surface area contributed by atoms with E-state index >= 15 is 0 Å². The third-order valence-corrected chi connectivity index (χ3v) is 5.60. The van der Waals surface area contributed by atoms with Crippen molar-refractivity contribution in [3.63, 3.8) is 0 Å². The molecule has 1 unspecified atom stereocenters. The molecular weight excluding hydrogens is 489 g/mol. The summed E-state index contributed by atoms with van der Waals surface area (Å²) in [6.07, 6.45) is 10.8. The van der Waals surface area contributed by atoms with Crippen LogP contribution in [0.1, 0.15) is 18.4 Å². The van der Waals surface area contributed by atoms with Crippen LogP contribution in [-0.4, -0.2) is 55.0 Å². The molecule has 3 heterocycles. The smallest absolute Gasteiger partial charge is 0.191 e. The number of aryl methyl sites for hydroxylation is 1. The molecule has 2 aromatic rings.